The van der Waals surface area contributed by atoms with Gasteiger partial charge in [0.05, 0.1) is 0 Å². The largest absolute Gasteiger partial charge is 0.389 e. The van der Waals surface area contributed by atoms with E-state index in [1.807, 2.05) is 18.5 Å². The van der Waals surface area contributed by atoms with Crippen molar-refractivity contribution in [3.63, 3.8) is 0 Å². The highest BCUT2D eigenvalue weighted by molar-refractivity contribution is 8.26. The van der Waals surface area contributed by atoms with Crippen molar-refractivity contribution in [1.29, 1.82) is 0 Å². The summed E-state index contributed by atoms with van der Waals surface area (Å²) in [5, 5.41) is 13.3. The Morgan fingerprint density at radius 3 is 2.59 bits per heavy atom. The number of nitrogens with two attached hydrogens (primary N) is 1. The van der Waals surface area contributed by atoms with Gasteiger partial charge in [0.25, 0.3) is 0 Å². The average molecular weight is 452 g/mol. The molecule has 6 heteroatoms. The average Bonchev–Trinajstić information content (AvgIpc) is 3.20. The normalized spacial score (nSPS) is 22.7. The van der Waals surface area contributed by atoms with Gasteiger partial charge in [0.15, 0.2) is 0 Å². The molecule has 2 atom stereocenters. The smallest absolute Gasteiger partial charge is 0.227 e. The molecule has 172 valence electrons. The second kappa shape index (κ2) is 10.1. The molecular formula is C26H37N5S. The molecule has 3 aliphatic rings. The van der Waals surface area contributed by atoms with E-state index in [9.17, 15) is 0 Å². The Balaban J connectivity index is 1.56. The Bertz CT molecular complexity index is 1040. The number of nitrogens with zero attached hydrogens (tertiary/aromatic N) is 2. The molecule has 1 fully saturated rings. The first-order valence-corrected chi connectivity index (χ1v) is 13.8. The van der Waals surface area contributed by atoms with Gasteiger partial charge >= 0.3 is 0 Å². The van der Waals surface area contributed by atoms with Gasteiger partial charge in [-0.3, -0.25) is 5.14 Å². The van der Waals surface area contributed by atoms with Crippen LogP contribution in [0, 0.1) is 5.92 Å². The van der Waals surface area contributed by atoms with Gasteiger partial charge in [0, 0.05) is 35.2 Å². The lowest BCUT2D eigenvalue weighted by molar-refractivity contribution is 0.509. The van der Waals surface area contributed by atoms with Gasteiger partial charge in [-0.1, -0.05) is 31.2 Å². The van der Waals surface area contributed by atoms with E-state index in [0.29, 0.717) is 17.8 Å². The lowest BCUT2D eigenvalue weighted by Crippen LogP contribution is -2.16. The van der Waals surface area contributed by atoms with Crippen molar-refractivity contribution < 1.29 is 0 Å². The van der Waals surface area contributed by atoms with Crippen molar-refractivity contribution in [1.82, 2.24) is 15.3 Å². The molecular weight excluding hydrogens is 414 g/mol. The summed E-state index contributed by atoms with van der Waals surface area (Å²) >= 11 is 0. The fraction of sp³-hybridized carbons (Fsp3) is 0.462. The number of allylic oxidation sites excluding steroid dienone is 1. The Morgan fingerprint density at radius 2 is 1.81 bits per heavy atom. The minimum Gasteiger partial charge on any atom is -0.389 e. The van der Waals surface area contributed by atoms with Crippen LogP contribution in [0.15, 0.2) is 47.8 Å². The first kappa shape index (κ1) is 22.9. The fourth-order valence-corrected chi connectivity index (χ4v) is 6.06. The van der Waals surface area contributed by atoms with Crippen LogP contribution in [0.4, 0.5) is 11.6 Å². The van der Waals surface area contributed by atoms with Crippen molar-refractivity contribution in [2.24, 2.45) is 11.1 Å². The molecule has 1 aromatic carbocycles. The number of hydrogen-bond acceptors (Lipinski definition) is 5. The molecule has 5 nitrogen and oxygen atoms in total. The van der Waals surface area contributed by atoms with Crippen LogP contribution in [0.25, 0.3) is 0 Å². The van der Waals surface area contributed by atoms with E-state index in [1.54, 1.807) is 0 Å². The van der Waals surface area contributed by atoms with Crippen LogP contribution >= 0.6 is 9.39 Å². The molecule has 5 rings (SSSR count). The minimum atomic E-state index is -1.77. The lowest BCUT2D eigenvalue weighted by atomic mass is 9.97. The van der Waals surface area contributed by atoms with E-state index >= 15 is 0 Å². The number of fused-ring (bicyclic) bond motifs is 10. The molecule has 4 N–H and O–H groups in total. The monoisotopic (exact) mass is 451 g/mol. The van der Waals surface area contributed by atoms with Crippen molar-refractivity contribution in [3.05, 3.63) is 54.0 Å². The zero-order valence-corrected chi connectivity index (χ0v) is 19.9. The molecule has 1 aliphatic carbocycles. The van der Waals surface area contributed by atoms with Crippen LogP contribution < -0.4 is 15.8 Å². The summed E-state index contributed by atoms with van der Waals surface area (Å²) in [5.74, 6) is 10.2. The maximum Gasteiger partial charge on any atom is 0.227 e. The van der Waals surface area contributed by atoms with Gasteiger partial charge in [0.1, 0.15) is 0 Å². The van der Waals surface area contributed by atoms with Crippen LogP contribution in [0.3, 0.4) is 0 Å². The zero-order valence-electron chi connectivity index (χ0n) is 19.1. The third-order valence-electron chi connectivity index (χ3n) is 6.72. The summed E-state index contributed by atoms with van der Waals surface area (Å²) in [6.45, 7) is 5.29. The molecule has 1 aromatic heterocycles. The summed E-state index contributed by atoms with van der Waals surface area (Å²) in [6.07, 6.45) is 14.4. The van der Waals surface area contributed by atoms with Gasteiger partial charge in [-0.05, 0) is 86.1 Å². The molecule has 2 unspecified atom stereocenters. The van der Waals surface area contributed by atoms with E-state index in [0.717, 1.165) is 36.4 Å². The highest BCUT2D eigenvalue weighted by Gasteiger charge is 2.26. The molecule has 2 aliphatic heterocycles. The number of hydrogen-bond donors (Lipinski definition) is 3. The summed E-state index contributed by atoms with van der Waals surface area (Å²) in [5.41, 5.74) is 4.65. The van der Waals surface area contributed by atoms with Gasteiger partial charge in [-0.2, -0.15) is 0 Å². The van der Waals surface area contributed by atoms with Gasteiger partial charge in [-0.15, -0.1) is 9.39 Å². The Kier molecular flexibility index (Phi) is 7.21. The summed E-state index contributed by atoms with van der Waals surface area (Å²) in [4.78, 5) is 10.3. The van der Waals surface area contributed by atoms with Crippen molar-refractivity contribution >= 4 is 32.8 Å². The Hall–Kier alpha value is -2.31. The first-order chi connectivity index (χ1) is 15.4. The van der Waals surface area contributed by atoms with Crippen LogP contribution in [0.5, 0.6) is 0 Å². The van der Waals surface area contributed by atoms with Crippen molar-refractivity contribution in [2.75, 3.05) is 11.9 Å². The highest BCUT2D eigenvalue weighted by atomic mass is 32.2. The van der Waals surface area contributed by atoms with E-state index in [2.05, 4.69) is 51.1 Å². The molecule has 0 radical (unpaired) electrons. The third-order valence-corrected chi connectivity index (χ3v) is 8.00. The van der Waals surface area contributed by atoms with Gasteiger partial charge < -0.3 is 10.6 Å². The van der Waals surface area contributed by atoms with Crippen molar-refractivity contribution in [2.45, 2.75) is 68.6 Å². The molecule has 2 aromatic rings. The number of nitrogens with one attached hydrogen (secondary N) is 2. The molecule has 3 heterocycles. The number of anilines is 2. The molecule has 32 heavy (non-hydrogen) atoms. The number of benzene rings is 1. The quantitative estimate of drug-likeness (QED) is 0.491. The van der Waals surface area contributed by atoms with Gasteiger partial charge in [0.2, 0.25) is 5.95 Å². The van der Waals surface area contributed by atoms with Crippen LogP contribution in [0.2, 0.25) is 0 Å². The van der Waals surface area contributed by atoms with Crippen molar-refractivity contribution in [3.8, 4) is 0 Å². The summed E-state index contributed by atoms with van der Waals surface area (Å²) in [7, 11) is -1.77. The minimum absolute atomic E-state index is 0.549. The summed E-state index contributed by atoms with van der Waals surface area (Å²) < 4.78 is 0. The first-order valence-electron chi connectivity index (χ1n) is 11.8. The molecule has 0 spiro atoms. The predicted octanol–water partition coefficient (Wildman–Crippen LogP) is 5.62. The van der Waals surface area contributed by atoms with E-state index in [-0.39, 0.29) is 0 Å². The Morgan fingerprint density at radius 1 is 1.03 bits per heavy atom. The van der Waals surface area contributed by atoms with Crippen LogP contribution in [0.1, 0.15) is 68.4 Å². The van der Waals surface area contributed by atoms with E-state index < -0.39 is 9.39 Å². The number of aryl methyl sites for hydroxylation is 1. The SMILES string of the molecule is C=C1CC2CCC(C2)c2cnc(nc2)Nc2ccc(S(=C)(=C)N)c(c2)CCCCCCN1. The second-order valence-electron chi connectivity index (χ2n) is 9.51. The van der Waals surface area contributed by atoms with Crippen LogP contribution in [-0.4, -0.2) is 28.3 Å². The van der Waals surface area contributed by atoms with E-state index in [1.165, 1.54) is 55.3 Å². The Labute approximate surface area is 193 Å². The number of rotatable bonds is 1. The standard InChI is InChI=1S/C26H37N5S/c1-19-14-20-9-10-21(15-20)23-17-29-26(30-18-23)31-24-11-12-25(32(2,3)27)22(16-24)8-6-4-5-7-13-28-19/h11-12,16-18,20-21,28H,1-10,13-15,27H2,(H,29,30,31). The predicted molar refractivity (Wildman–Crippen MR) is 140 cm³/mol. The van der Waals surface area contributed by atoms with Crippen LogP contribution in [-0.2, 0) is 6.42 Å². The van der Waals surface area contributed by atoms with Gasteiger partial charge in [-0.25, -0.2) is 9.97 Å². The molecule has 1 saturated carbocycles. The topological polar surface area (TPSA) is 75.9 Å². The fourth-order valence-electron chi connectivity index (χ4n) is 5.03. The second-order valence-corrected chi connectivity index (χ2v) is 11.8. The highest BCUT2D eigenvalue weighted by Crippen LogP contribution is 2.40. The lowest BCUT2D eigenvalue weighted by Gasteiger charge is -2.17. The molecule has 6 bridgehead atoms. The maximum atomic E-state index is 6.34. The third kappa shape index (κ3) is 5.93. The molecule has 0 saturated heterocycles. The maximum absolute atomic E-state index is 6.34. The number of aromatic nitrogens is 2. The zero-order chi connectivity index (χ0) is 22.6. The summed E-state index contributed by atoms with van der Waals surface area (Å²) in [6, 6.07) is 6.28. The molecule has 0 amide bonds. The van der Waals surface area contributed by atoms with E-state index in [4.69, 9.17) is 5.14 Å².